The minimum atomic E-state index is -1.20. The molecule has 0 aliphatic heterocycles. The van der Waals surface area contributed by atoms with Gasteiger partial charge in [-0.15, -0.1) is 0 Å². The van der Waals surface area contributed by atoms with Crippen LogP contribution in [0.1, 0.15) is 10.6 Å². The third-order valence-corrected chi connectivity index (χ3v) is 3.37. The molecule has 2 heterocycles. The summed E-state index contributed by atoms with van der Waals surface area (Å²) in [5.74, 6) is -1.46. The number of carboxylic acids is 1. The Morgan fingerprint density at radius 2 is 2.00 bits per heavy atom. The predicted octanol–water partition coefficient (Wildman–Crippen LogP) is 2.42. The minimum Gasteiger partial charge on any atom is -0.475 e. The monoisotopic (exact) mass is 330 g/mol. The molecule has 0 unspecified atom stereocenters. The van der Waals surface area contributed by atoms with Crippen molar-refractivity contribution in [3.8, 4) is 0 Å². The maximum Gasteiger partial charge on any atom is 0.372 e. The number of anilines is 1. The van der Waals surface area contributed by atoms with Gasteiger partial charge in [0, 0.05) is 6.20 Å². The van der Waals surface area contributed by atoms with Crippen LogP contribution in [0, 0.1) is 0 Å². The molecule has 1 amide bonds. The third-order valence-electron chi connectivity index (χ3n) is 3.14. The van der Waals surface area contributed by atoms with Crippen LogP contribution in [0.3, 0.4) is 0 Å². The number of carbonyl (C=O) groups excluding carboxylic acids is 1. The number of fused-ring (bicyclic) bond motifs is 1. The first-order chi connectivity index (χ1) is 11.0. The molecular formula is C15H11ClN4O3. The Labute approximate surface area is 135 Å². The maximum atomic E-state index is 12.2. The van der Waals surface area contributed by atoms with E-state index < -0.39 is 11.9 Å². The average Bonchev–Trinajstić information content (AvgIpc) is 2.89. The first-order valence-corrected chi connectivity index (χ1v) is 7.02. The zero-order valence-corrected chi connectivity index (χ0v) is 12.5. The number of hydrogen-bond donors (Lipinski definition) is 2. The van der Waals surface area contributed by atoms with E-state index in [1.807, 2.05) is 0 Å². The van der Waals surface area contributed by atoms with Gasteiger partial charge in [-0.05, 0) is 24.3 Å². The summed E-state index contributed by atoms with van der Waals surface area (Å²) in [5.41, 5.74) is 1.09. The molecule has 0 aliphatic rings. The fourth-order valence-corrected chi connectivity index (χ4v) is 2.29. The van der Waals surface area contributed by atoms with Crippen LogP contribution >= 0.6 is 11.6 Å². The average molecular weight is 331 g/mol. The van der Waals surface area contributed by atoms with E-state index in [0.717, 1.165) is 0 Å². The van der Waals surface area contributed by atoms with Crippen LogP contribution in [-0.2, 0) is 11.3 Å². The molecule has 0 atom stereocenters. The number of pyridine rings is 1. The van der Waals surface area contributed by atoms with Crippen molar-refractivity contribution in [1.82, 2.24) is 14.5 Å². The Kier molecular flexibility index (Phi) is 3.94. The van der Waals surface area contributed by atoms with Crippen molar-refractivity contribution in [3.05, 3.63) is 53.4 Å². The molecule has 0 radical (unpaired) electrons. The van der Waals surface area contributed by atoms with Crippen LogP contribution in [0.4, 0.5) is 5.82 Å². The topological polar surface area (TPSA) is 97.1 Å². The molecule has 1 aromatic carbocycles. The lowest BCUT2D eigenvalue weighted by molar-refractivity contribution is -0.116. The van der Waals surface area contributed by atoms with Crippen molar-refractivity contribution in [1.29, 1.82) is 0 Å². The lowest BCUT2D eigenvalue weighted by Gasteiger charge is -2.08. The van der Waals surface area contributed by atoms with Gasteiger partial charge in [-0.25, -0.2) is 14.8 Å². The van der Waals surface area contributed by atoms with Gasteiger partial charge >= 0.3 is 5.97 Å². The number of aromatic nitrogens is 3. The highest BCUT2D eigenvalue weighted by Crippen LogP contribution is 2.16. The van der Waals surface area contributed by atoms with E-state index in [1.54, 1.807) is 36.4 Å². The second kappa shape index (κ2) is 6.05. The molecular weight excluding hydrogens is 320 g/mol. The maximum absolute atomic E-state index is 12.2. The van der Waals surface area contributed by atoms with E-state index in [0.29, 0.717) is 21.9 Å². The Bertz CT molecular complexity index is 889. The Balaban J connectivity index is 1.88. The van der Waals surface area contributed by atoms with Crippen LogP contribution in [0.2, 0.25) is 5.02 Å². The molecule has 0 saturated carbocycles. The summed E-state index contributed by atoms with van der Waals surface area (Å²) < 4.78 is 1.35. The summed E-state index contributed by atoms with van der Waals surface area (Å²) in [5, 5.41) is 12.3. The molecule has 23 heavy (non-hydrogen) atoms. The second-order valence-corrected chi connectivity index (χ2v) is 5.16. The standard InChI is InChI=1S/C15H11ClN4O3/c16-9-5-6-12(17-7-9)19-13(21)8-20-11-4-2-1-3-10(11)18-14(20)15(22)23/h1-7H,8H2,(H,22,23)(H,17,19,21). The Morgan fingerprint density at radius 3 is 2.70 bits per heavy atom. The van der Waals surface area contributed by atoms with Gasteiger partial charge in [0.1, 0.15) is 12.4 Å². The highest BCUT2D eigenvalue weighted by Gasteiger charge is 2.18. The molecule has 0 fully saturated rings. The number of carbonyl (C=O) groups is 2. The van der Waals surface area contributed by atoms with E-state index in [9.17, 15) is 14.7 Å². The van der Waals surface area contributed by atoms with Crippen LogP contribution in [0.5, 0.6) is 0 Å². The highest BCUT2D eigenvalue weighted by molar-refractivity contribution is 6.30. The number of nitrogens with zero attached hydrogens (tertiary/aromatic N) is 3. The van der Waals surface area contributed by atoms with Gasteiger partial charge in [-0.2, -0.15) is 0 Å². The second-order valence-electron chi connectivity index (χ2n) is 4.73. The van der Waals surface area contributed by atoms with Crippen molar-refractivity contribution >= 4 is 40.3 Å². The van der Waals surface area contributed by atoms with E-state index in [-0.39, 0.29) is 12.4 Å². The molecule has 2 aromatic heterocycles. The lowest BCUT2D eigenvalue weighted by Crippen LogP contribution is -2.22. The van der Waals surface area contributed by atoms with Gasteiger partial charge in [-0.3, -0.25) is 4.79 Å². The van der Waals surface area contributed by atoms with Gasteiger partial charge in [0.05, 0.1) is 16.1 Å². The summed E-state index contributed by atoms with van der Waals surface area (Å²) in [4.78, 5) is 31.5. The summed E-state index contributed by atoms with van der Waals surface area (Å²) in [6, 6.07) is 10.1. The summed E-state index contributed by atoms with van der Waals surface area (Å²) in [6.45, 7) is -0.188. The number of nitrogens with one attached hydrogen (secondary N) is 1. The Morgan fingerprint density at radius 1 is 1.22 bits per heavy atom. The van der Waals surface area contributed by atoms with E-state index in [1.165, 1.54) is 10.8 Å². The SMILES string of the molecule is O=C(Cn1c(C(=O)O)nc2ccccc21)Nc1ccc(Cl)cn1. The summed E-state index contributed by atoms with van der Waals surface area (Å²) in [7, 11) is 0. The number of aromatic carboxylic acids is 1. The molecule has 8 heteroatoms. The molecule has 0 aliphatic carbocycles. The van der Waals surface area contributed by atoms with Crippen LogP contribution in [0.15, 0.2) is 42.6 Å². The minimum absolute atomic E-state index is 0.188. The van der Waals surface area contributed by atoms with Crippen molar-refractivity contribution in [2.75, 3.05) is 5.32 Å². The summed E-state index contributed by atoms with van der Waals surface area (Å²) >= 11 is 5.73. The molecule has 0 saturated heterocycles. The van der Waals surface area contributed by atoms with Crippen molar-refractivity contribution in [3.63, 3.8) is 0 Å². The number of amides is 1. The summed E-state index contributed by atoms with van der Waals surface area (Å²) in [6.07, 6.45) is 1.41. The number of imidazole rings is 1. The van der Waals surface area contributed by atoms with Gasteiger partial charge in [0.25, 0.3) is 0 Å². The van der Waals surface area contributed by atoms with Gasteiger partial charge in [0.15, 0.2) is 0 Å². The molecule has 0 bridgehead atoms. The molecule has 3 aromatic rings. The van der Waals surface area contributed by atoms with E-state index in [2.05, 4.69) is 15.3 Å². The van der Waals surface area contributed by atoms with Crippen LogP contribution < -0.4 is 5.32 Å². The van der Waals surface area contributed by atoms with Gasteiger partial charge < -0.3 is 15.0 Å². The number of benzene rings is 1. The Hall–Kier alpha value is -2.93. The smallest absolute Gasteiger partial charge is 0.372 e. The van der Waals surface area contributed by atoms with Crippen LogP contribution in [-0.4, -0.2) is 31.5 Å². The molecule has 2 N–H and O–H groups in total. The third kappa shape index (κ3) is 3.14. The first-order valence-electron chi connectivity index (χ1n) is 6.64. The van der Waals surface area contributed by atoms with E-state index >= 15 is 0 Å². The zero-order valence-electron chi connectivity index (χ0n) is 11.7. The fourth-order valence-electron chi connectivity index (χ4n) is 2.17. The fraction of sp³-hybridized carbons (Fsp3) is 0.0667. The number of para-hydroxylation sites is 2. The molecule has 3 rings (SSSR count). The normalized spacial score (nSPS) is 10.7. The number of hydrogen-bond acceptors (Lipinski definition) is 4. The molecule has 7 nitrogen and oxygen atoms in total. The van der Waals surface area contributed by atoms with Crippen molar-refractivity contribution in [2.45, 2.75) is 6.54 Å². The first kappa shape index (κ1) is 15.0. The lowest BCUT2D eigenvalue weighted by atomic mass is 10.3. The quantitative estimate of drug-likeness (QED) is 0.765. The van der Waals surface area contributed by atoms with Crippen molar-refractivity contribution < 1.29 is 14.7 Å². The molecule has 0 spiro atoms. The van der Waals surface area contributed by atoms with Gasteiger partial charge in [-0.1, -0.05) is 23.7 Å². The number of rotatable bonds is 4. The number of halogens is 1. The molecule has 116 valence electrons. The predicted molar refractivity (Wildman–Crippen MR) is 84.6 cm³/mol. The van der Waals surface area contributed by atoms with E-state index in [4.69, 9.17) is 11.6 Å². The number of carboxylic acid groups (broad SMARTS) is 1. The largest absolute Gasteiger partial charge is 0.475 e. The van der Waals surface area contributed by atoms with Gasteiger partial charge in [0.2, 0.25) is 11.7 Å². The zero-order chi connectivity index (χ0) is 16.4. The van der Waals surface area contributed by atoms with Crippen molar-refractivity contribution in [2.24, 2.45) is 0 Å². The van der Waals surface area contributed by atoms with Crippen LogP contribution in [0.25, 0.3) is 11.0 Å². The highest BCUT2D eigenvalue weighted by atomic mass is 35.5.